The molecule has 6 rings (SSSR count). The van der Waals surface area contributed by atoms with E-state index in [1.54, 1.807) is 0 Å². The molecule has 6 aliphatic carbocycles. The Bertz CT molecular complexity index is 559. The maximum absolute atomic E-state index is 12.0. The molecule has 24 heavy (non-hydrogen) atoms. The number of allylic oxidation sites excluding steroid dienone is 2. The molecule has 2 fully saturated rings. The lowest BCUT2D eigenvalue weighted by Gasteiger charge is -2.56. The van der Waals surface area contributed by atoms with Gasteiger partial charge in [0.25, 0.3) is 0 Å². The van der Waals surface area contributed by atoms with E-state index in [1.165, 1.54) is 24.0 Å². The van der Waals surface area contributed by atoms with Gasteiger partial charge in [-0.2, -0.15) is 0 Å². The van der Waals surface area contributed by atoms with Crippen molar-refractivity contribution < 1.29 is 14.3 Å². The highest BCUT2D eigenvalue weighted by atomic mass is 16.7. The molecule has 0 amide bonds. The van der Waals surface area contributed by atoms with Crippen LogP contribution in [0.4, 0.5) is 4.79 Å². The molecule has 4 bridgehead atoms. The zero-order valence-corrected chi connectivity index (χ0v) is 15.4. The highest BCUT2D eigenvalue weighted by molar-refractivity contribution is 5.60. The van der Waals surface area contributed by atoms with E-state index in [1.807, 2.05) is 0 Å². The SMILES string of the molecule is CC1(C)[C@H]2CC=C(COC(=O)OCC3=CC[C@H]4C[C@H]3C4(C)C)[C@H]1C2. The summed E-state index contributed by atoms with van der Waals surface area (Å²) in [6, 6.07) is 0. The molecule has 0 heterocycles. The summed E-state index contributed by atoms with van der Waals surface area (Å²) in [6.07, 6.45) is 8.79. The van der Waals surface area contributed by atoms with E-state index in [2.05, 4.69) is 39.8 Å². The van der Waals surface area contributed by atoms with E-state index in [0.29, 0.717) is 35.9 Å². The Hall–Kier alpha value is -1.25. The molecule has 0 radical (unpaired) electrons. The summed E-state index contributed by atoms with van der Waals surface area (Å²) in [6.45, 7) is 10.1. The summed E-state index contributed by atoms with van der Waals surface area (Å²) in [5.74, 6) is 2.79. The fourth-order valence-electron chi connectivity index (χ4n) is 5.61. The van der Waals surface area contributed by atoms with Crippen LogP contribution in [-0.2, 0) is 9.47 Å². The van der Waals surface area contributed by atoms with Crippen LogP contribution in [0.25, 0.3) is 0 Å². The Morgan fingerprint density at radius 3 is 1.67 bits per heavy atom. The summed E-state index contributed by atoms with van der Waals surface area (Å²) in [5.41, 5.74) is 3.33. The number of fused-ring (bicyclic) bond motifs is 2. The van der Waals surface area contributed by atoms with Crippen LogP contribution in [-0.4, -0.2) is 19.4 Å². The molecular weight excluding hydrogens is 300 g/mol. The molecule has 0 aromatic rings. The monoisotopic (exact) mass is 330 g/mol. The van der Waals surface area contributed by atoms with Crippen molar-refractivity contribution in [3.05, 3.63) is 23.3 Å². The third-order valence-electron chi connectivity index (χ3n) is 7.88. The number of hydrogen-bond acceptors (Lipinski definition) is 3. The lowest BCUT2D eigenvalue weighted by atomic mass is 9.49. The zero-order chi connectivity index (χ0) is 17.1. The Labute approximate surface area is 145 Å². The number of ether oxygens (including phenoxy) is 2. The Kier molecular flexibility index (Phi) is 3.63. The lowest BCUT2D eigenvalue weighted by Crippen LogP contribution is -2.49. The quantitative estimate of drug-likeness (QED) is 0.530. The van der Waals surface area contributed by atoms with Gasteiger partial charge in [-0.05, 0) is 71.3 Å². The van der Waals surface area contributed by atoms with Gasteiger partial charge in [0, 0.05) is 0 Å². The zero-order valence-electron chi connectivity index (χ0n) is 15.4. The van der Waals surface area contributed by atoms with Gasteiger partial charge in [-0.3, -0.25) is 0 Å². The van der Waals surface area contributed by atoms with Crippen LogP contribution < -0.4 is 0 Å². The number of rotatable bonds is 4. The molecule has 0 unspecified atom stereocenters. The molecule has 3 heteroatoms. The van der Waals surface area contributed by atoms with Crippen LogP contribution in [0, 0.1) is 34.5 Å². The summed E-state index contributed by atoms with van der Waals surface area (Å²) in [7, 11) is 0. The minimum Gasteiger partial charge on any atom is -0.430 e. The first kappa shape index (κ1) is 16.2. The molecule has 6 aliphatic rings. The van der Waals surface area contributed by atoms with Crippen molar-refractivity contribution in [2.75, 3.05) is 13.2 Å². The number of carbonyl (C=O) groups is 1. The van der Waals surface area contributed by atoms with Crippen molar-refractivity contribution in [2.24, 2.45) is 34.5 Å². The van der Waals surface area contributed by atoms with Crippen LogP contribution in [0.15, 0.2) is 23.3 Å². The molecule has 0 N–H and O–H groups in total. The smallest absolute Gasteiger partial charge is 0.430 e. The highest BCUT2D eigenvalue weighted by Gasteiger charge is 2.52. The second kappa shape index (κ2) is 5.37. The third-order valence-corrected chi connectivity index (χ3v) is 7.88. The fourth-order valence-corrected chi connectivity index (χ4v) is 5.61. The normalized spacial score (nSPS) is 37.3. The number of hydrogen-bond donors (Lipinski definition) is 0. The summed E-state index contributed by atoms with van der Waals surface area (Å²) in [5, 5.41) is 0. The van der Waals surface area contributed by atoms with Crippen molar-refractivity contribution in [2.45, 2.75) is 53.4 Å². The van der Waals surface area contributed by atoms with Crippen molar-refractivity contribution >= 4 is 6.16 Å². The Morgan fingerprint density at radius 2 is 1.33 bits per heavy atom. The summed E-state index contributed by atoms with van der Waals surface area (Å²) >= 11 is 0. The van der Waals surface area contributed by atoms with Gasteiger partial charge < -0.3 is 9.47 Å². The molecule has 4 atom stereocenters. The van der Waals surface area contributed by atoms with Crippen LogP contribution in [0.1, 0.15) is 53.4 Å². The van der Waals surface area contributed by atoms with Gasteiger partial charge in [-0.25, -0.2) is 4.79 Å². The molecule has 2 saturated carbocycles. The first-order valence-electron chi connectivity index (χ1n) is 9.47. The lowest BCUT2D eigenvalue weighted by molar-refractivity contribution is -0.0229. The van der Waals surface area contributed by atoms with E-state index in [4.69, 9.17) is 9.47 Å². The van der Waals surface area contributed by atoms with Gasteiger partial charge in [0.15, 0.2) is 0 Å². The van der Waals surface area contributed by atoms with Crippen molar-refractivity contribution in [1.82, 2.24) is 0 Å². The molecule has 0 aromatic heterocycles. The van der Waals surface area contributed by atoms with Gasteiger partial charge in [-0.15, -0.1) is 0 Å². The maximum atomic E-state index is 12.0. The summed E-state index contributed by atoms with van der Waals surface area (Å²) < 4.78 is 10.8. The predicted octanol–water partition coefficient (Wildman–Crippen LogP) is 5.12. The van der Waals surface area contributed by atoms with Crippen LogP contribution in [0.3, 0.4) is 0 Å². The molecule has 0 aliphatic heterocycles. The highest BCUT2D eigenvalue weighted by Crippen LogP contribution is 2.60. The van der Waals surface area contributed by atoms with Crippen LogP contribution >= 0.6 is 0 Å². The largest absolute Gasteiger partial charge is 0.508 e. The van der Waals surface area contributed by atoms with Crippen LogP contribution in [0.2, 0.25) is 0 Å². The van der Waals surface area contributed by atoms with Crippen molar-refractivity contribution in [3.63, 3.8) is 0 Å². The van der Waals surface area contributed by atoms with Crippen LogP contribution in [0.5, 0.6) is 0 Å². The van der Waals surface area contributed by atoms with E-state index < -0.39 is 6.16 Å². The van der Waals surface area contributed by atoms with E-state index in [9.17, 15) is 4.79 Å². The first-order valence-corrected chi connectivity index (χ1v) is 9.47. The van der Waals surface area contributed by atoms with Gasteiger partial charge >= 0.3 is 6.16 Å². The van der Waals surface area contributed by atoms with Gasteiger partial charge in [0.2, 0.25) is 0 Å². The second-order valence-corrected chi connectivity index (χ2v) is 9.47. The predicted molar refractivity (Wildman–Crippen MR) is 93.5 cm³/mol. The standard InChI is InChI=1S/C21H30O3/c1-20(2)15-7-5-13(17(20)9-15)11-23-19(22)24-12-14-6-8-16-10-18(14)21(16,3)4/h5-6,15-18H,7-12H2,1-4H3/t15-,16-,17+,18+/m0/s1. The van der Waals surface area contributed by atoms with E-state index in [-0.39, 0.29) is 0 Å². The first-order chi connectivity index (χ1) is 11.3. The molecule has 0 saturated heterocycles. The van der Waals surface area contributed by atoms with Gasteiger partial charge in [-0.1, -0.05) is 39.8 Å². The van der Waals surface area contributed by atoms with Gasteiger partial charge in [0.05, 0.1) is 0 Å². The third kappa shape index (κ3) is 2.34. The molecule has 0 aromatic carbocycles. The fraction of sp³-hybridized carbons (Fsp3) is 0.762. The minimum atomic E-state index is -0.518. The van der Waals surface area contributed by atoms with E-state index >= 15 is 0 Å². The average molecular weight is 330 g/mol. The number of carbonyl (C=O) groups excluding carboxylic acids is 1. The average Bonchev–Trinajstić information content (AvgIpc) is 2.58. The molecular formula is C21H30O3. The van der Waals surface area contributed by atoms with Crippen molar-refractivity contribution in [3.8, 4) is 0 Å². The minimum absolute atomic E-state index is 0.372. The maximum Gasteiger partial charge on any atom is 0.508 e. The van der Waals surface area contributed by atoms with Gasteiger partial charge in [0.1, 0.15) is 13.2 Å². The molecule has 132 valence electrons. The molecule has 3 nitrogen and oxygen atoms in total. The van der Waals surface area contributed by atoms with Crippen molar-refractivity contribution in [1.29, 1.82) is 0 Å². The topological polar surface area (TPSA) is 35.5 Å². The summed E-state index contributed by atoms with van der Waals surface area (Å²) in [4.78, 5) is 12.0. The second-order valence-electron chi connectivity index (χ2n) is 9.47. The molecule has 0 spiro atoms. The Balaban J connectivity index is 1.25. The van der Waals surface area contributed by atoms with E-state index in [0.717, 1.165) is 24.7 Å². The Morgan fingerprint density at radius 1 is 0.917 bits per heavy atom.